The van der Waals surface area contributed by atoms with Crippen LogP contribution in [0.3, 0.4) is 0 Å². The molecule has 0 spiro atoms. The first-order valence-corrected chi connectivity index (χ1v) is 13.5. The van der Waals surface area contributed by atoms with Crippen LogP contribution in [-0.4, -0.2) is 62.2 Å². The van der Waals surface area contributed by atoms with E-state index in [0.717, 1.165) is 65.4 Å². The molecule has 4 nitrogen and oxygen atoms in total. The van der Waals surface area contributed by atoms with E-state index in [0.29, 0.717) is 0 Å². The zero-order valence-corrected chi connectivity index (χ0v) is 25.9. The van der Waals surface area contributed by atoms with Crippen LogP contribution < -0.4 is 10.6 Å². The molecular weight excluding hydrogens is 616 g/mol. The Morgan fingerprint density at radius 2 is 1.05 bits per heavy atom. The van der Waals surface area contributed by atoms with Crippen molar-refractivity contribution in [1.82, 2.24) is 20.4 Å². The molecule has 0 unspecified atom stereocenters. The van der Waals surface area contributed by atoms with Crippen molar-refractivity contribution in [3.8, 4) is 0 Å². The van der Waals surface area contributed by atoms with Crippen LogP contribution in [0.5, 0.6) is 0 Å². The molecule has 7 heteroatoms. The molecule has 2 N–H and O–H groups in total. The third kappa shape index (κ3) is 18.7. The SMILES string of the molecule is [Cu+2].[Fe].[Fe].c1cc[c-](CN2CCCNCCN(C[c-]3[cH-][cH-][cH-][cH-]3)CCCNCC2)c1.c1cc[cH-]c1.c1cc[cH-]c1. The average molecular weight is 660 g/mol. The number of nitrogens with one attached hydrogen (secondary N) is 2. The van der Waals surface area contributed by atoms with Crippen molar-refractivity contribution in [2.24, 2.45) is 0 Å². The van der Waals surface area contributed by atoms with Crippen LogP contribution in [0.2, 0.25) is 0 Å². The zero-order chi connectivity index (χ0) is 24.9. The van der Waals surface area contributed by atoms with E-state index in [9.17, 15) is 0 Å². The maximum absolute atomic E-state index is 3.64. The normalized spacial score (nSPS) is 15.4. The molecule has 0 aromatic heterocycles. The second kappa shape index (κ2) is 25.7. The predicted octanol–water partition coefficient (Wildman–Crippen LogP) is 5.21. The van der Waals surface area contributed by atoms with Crippen molar-refractivity contribution in [3.05, 3.63) is 120 Å². The summed E-state index contributed by atoms with van der Waals surface area (Å²) in [6, 6.07) is 37.5. The van der Waals surface area contributed by atoms with Gasteiger partial charge in [0.05, 0.1) is 0 Å². The van der Waals surface area contributed by atoms with Gasteiger partial charge in [0.2, 0.25) is 0 Å². The van der Waals surface area contributed by atoms with E-state index in [1.807, 2.05) is 60.7 Å². The zero-order valence-electron chi connectivity index (χ0n) is 22.8. The Bertz CT molecular complexity index is 796. The Morgan fingerprint density at radius 3 is 1.49 bits per heavy atom. The maximum atomic E-state index is 3.64. The summed E-state index contributed by atoms with van der Waals surface area (Å²) < 4.78 is 0. The minimum Gasteiger partial charge on any atom is -0.748 e. The average Bonchev–Trinajstić information content (AvgIpc) is 3.73. The topological polar surface area (TPSA) is 30.5 Å². The molecule has 225 valence electrons. The van der Waals surface area contributed by atoms with Gasteiger partial charge in [0.15, 0.2) is 0 Å². The summed E-state index contributed by atoms with van der Waals surface area (Å²) in [6.07, 6.45) is 2.42. The van der Waals surface area contributed by atoms with Crippen LogP contribution in [0.4, 0.5) is 0 Å². The Morgan fingerprint density at radius 1 is 0.590 bits per heavy atom. The minimum absolute atomic E-state index is 0. The van der Waals surface area contributed by atoms with E-state index in [1.54, 1.807) is 0 Å². The van der Waals surface area contributed by atoms with Gasteiger partial charge in [-0.15, -0.1) is 5.56 Å². The predicted molar refractivity (Wildman–Crippen MR) is 154 cm³/mol. The monoisotopic (exact) mass is 659 g/mol. The van der Waals surface area contributed by atoms with E-state index >= 15 is 0 Å². The van der Waals surface area contributed by atoms with Gasteiger partial charge in [0.1, 0.15) is 0 Å². The van der Waals surface area contributed by atoms with Crippen molar-refractivity contribution >= 4 is 0 Å². The second-order valence-electron chi connectivity index (χ2n) is 9.27. The maximum Gasteiger partial charge on any atom is 2.00 e. The van der Waals surface area contributed by atoms with Gasteiger partial charge in [-0.25, -0.2) is 36.4 Å². The van der Waals surface area contributed by atoms with E-state index in [2.05, 4.69) is 69.0 Å². The Labute approximate surface area is 268 Å². The fourth-order valence-electron chi connectivity index (χ4n) is 4.32. The minimum atomic E-state index is 0. The molecule has 0 atom stereocenters. The van der Waals surface area contributed by atoms with Gasteiger partial charge >= 0.3 is 17.1 Å². The van der Waals surface area contributed by atoms with Crippen molar-refractivity contribution in [1.29, 1.82) is 0 Å². The molecule has 5 rings (SSSR count). The van der Waals surface area contributed by atoms with Crippen molar-refractivity contribution < 1.29 is 51.2 Å². The van der Waals surface area contributed by atoms with E-state index < -0.39 is 0 Å². The molecule has 0 bridgehead atoms. The summed E-state index contributed by atoms with van der Waals surface area (Å²) >= 11 is 0. The van der Waals surface area contributed by atoms with Gasteiger partial charge in [-0.3, -0.25) is 0 Å². The Kier molecular flexibility index (Phi) is 25.0. The van der Waals surface area contributed by atoms with Crippen LogP contribution in [0.1, 0.15) is 24.0 Å². The standard InChI is InChI=1S/C22H34N4.2C5H5.Cu.2Fe/c1-2-8-21(7-1)19-25-15-5-11-24-14-18-26(16-6-12-23-13-17-25)20-22-9-3-4-10-22;2*1-2-4-5-3-1;;;/h1-4,7-10,23-24H,5-6,11-20H2;2*1-5H;;;/q-6;2*-1;+2;;. The van der Waals surface area contributed by atoms with Gasteiger partial charge in [0.25, 0.3) is 0 Å². The Balaban J connectivity index is 0.000000930. The molecule has 39 heavy (non-hydrogen) atoms. The van der Waals surface area contributed by atoms with Crippen LogP contribution in [0.15, 0.2) is 109 Å². The molecule has 1 radical (unpaired) electrons. The molecule has 1 heterocycles. The quantitative estimate of drug-likeness (QED) is 0.233. The van der Waals surface area contributed by atoms with E-state index in [4.69, 9.17) is 0 Å². The van der Waals surface area contributed by atoms with Gasteiger partial charge in [-0.2, -0.15) is 55.1 Å². The summed E-state index contributed by atoms with van der Waals surface area (Å²) in [5.74, 6) is 0. The van der Waals surface area contributed by atoms with Crippen LogP contribution >= 0.6 is 0 Å². The summed E-state index contributed by atoms with van der Waals surface area (Å²) in [5, 5.41) is 7.29. The molecule has 1 fully saturated rings. The number of rotatable bonds is 4. The fraction of sp³-hybridized carbons (Fsp3) is 0.375. The summed E-state index contributed by atoms with van der Waals surface area (Å²) in [5.41, 5.74) is 2.87. The Hall–Kier alpha value is -1.20. The smallest absolute Gasteiger partial charge is 0.748 e. The largest absolute Gasteiger partial charge is 2.00 e. The summed E-state index contributed by atoms with van der Waals surface area (Å²) in [7, 11) is 0. The van der Waals surface area contributed by atoms with Crippen molar-refractivity contribution in [2.45, 2.75) is 25.9 Å². The van der Waals surface area contributed by atoms with Gasteiger partial charge in [-0.1, -0.05) is 0 Å². The van der Waals surface area contributed by atoms with Crippen molar-refractivity contribution in [2.75, 3.05) is 52.4 Å². The van der Waals surface area contributed by atoms with Gasteiger partial charge in [0, 0.05) is 60.3 Å². The van der Waals surface area contributed by atoms with Crippen LogP contribution in [-0.2, 0) is 64.3 Å². The third-order valence-corrected chi connectivity index (χ3v) is 6.25. The van der Waals surface area contributed by atoms with Crippen LogP contribution in [0.25, 0.3) is 0 Å². The molecule has 4 aromatic rings. The molecule has 1 aliphatic heterocycles. The van der Waals surface area contributed by atoms with Gasteiger partial charge in [-0.05, 0) is 45.6 Å². The summed E-state index contributed by atoms with van der Waals surface area (Å²) in [6.45, 7) is 11.1. The fourth-order valence-corrected chi connectivity index (χ4v) is 4.32. The number of hydrogen-bond acceptors (Lipinski definition) is 4. The van der Waals surface area contributed by atoms with Crippen LogP contribution in [0, 0.1) is 0 Å². The molecule has 1 saturated heterocycles. The first-order chi connectivity index (χ1) is 17.9. The molecule has 4 aromatic carbocycles. The van der Waals surface area contributed by atoms with Gasteiger partial charge < -0.3 is 50.3 Å². The molecule has 1 aliphatic rings. The molecular formula is C32H44CuFe2N4-6. The third-order valence-electron chi connectivity index (χ3n) is 6.25. The molecule has 0 amide bonds. The summed E-state index contributed by atoms with van der Waals surface area (Å²) in [4.78, 5) is 5.16. The molecule has 0 aliphatic carbocycles. The van der Waals surface area contributed by atoms with E-state index in [-0.39, 0.29) is 51.2 Å². The number of nitrogens with zero attached hydrogens (tertiary/aromatic N) is 2. The second-order valence-corrected chi connectivity index (χ2v) is 9.27. The number of hydrogen-bond donors (Lipinski definition) is 2. The van der Waals surface area contributed by atoms with E-state index in [1.165, 1.54) is 24.0 Å². The molecule has 0 saturated carbocycles. The first-order valence-electron chi connectivity index (χ1n) is 13.5. The van der Waals surface area contributed by atoms with Crippen molar-refractivity contribution in [3.63, 3.8) is 0 Å². The first kappa shape index (κ1) is 37.8.